The topological polar surface area (TPSA) is 67.4 Å². The minimum Gasteiger partial charge on any atom is -0.497 e. The molecule has 2 N–H and O–H groups in total. The average Bonchev–Trinajstić information content (AvgIpc) is 2.74. The van der Waals surface area contributed by atoms with Crippen LogP contribution in [-0.2, 0) is 9.59 Å². The standard InChI is InChI=1S/C25H26N2O3/c1-15-8-4-5-11-19(15)27-25(29)22-16(2)26-20-12-7-13-21(28)24(20)23(22)17-9-6-10-18(14-17)30-3/h4-6,8-11,14,23,26H,7,12-13H2,1-3H3,(H,27,29)/t23-/m0/s1. The van der Waals surface area contributed by atoms with E-state index >= 15 is 0 Å². The van der Waals surface area contributed by atoms with Crippen molar-refractivity contribution in [3.8, 4) is 5.75 Å². The summed E-state index contributed by atoms with van der Waals surface area (Å²) in [6.45, 7) is 3.86. The Morgan fingerprint density at radius 2 is 1.90 bits per heavy atom. The Labute approximate surface area is 176 Å². The number of benzene rings is 2. The summed E-state index contributed by atoms with van der Waals surface area (Å²) in [7, 11) is 1.62. The number of ether oxygens (including phenoxy) is 1. The number of aryl methyl sites for hydroxylation is 1. The normalized spacial score (nSPS) is 18.6. The first-order chi connectivity index (χ1) is 14.5. The molecule has 2 aromatic carbocycles. The second-order valence-electron chi connectivity index (χ2n) is 7.81. The first-order valence-corrected chi connectivity index (χ1v) is 10.2. The molecule has 0 unspecified atom stereocenters. The molecule has 1 aliphatic carbocycles. The molecule has 0 bridgehead atoms. The van der Waals surface area contributed by atoms with E-state index in [1.807, 2.05) is 62.4 Å². The van der Waals surface area contributed by atoms with E-state index in [2.05, 4.69) is 10.6 Å². The molecule has 2 aromatic rings. The van der Waals surface area contributed by atoms with Gasteiger partial charge in [-0.15, -0.1) is 0 Å². The van der Waals surface area contributed by atoms with Crippen molar-refractivity contribution < 1.29 is 14.3 Å². The SMILES string of the molecule is COc1cccc([C@H]2C(C(=O)Nc3ccccc3C)=C(C)NC3=C2C(=O)CCC3)c1. The van der Waals surface area contributed by atoms with E-state index in [-0.39, 0.29) is 11.7 Å². The zero-order chi connectivity index (χ0) is 21.3. The van der Waals surface area contributed by atoms with Gasteiger partial charge >= 0.3 is 0 Å². The fourth-order valence-corrected chi connectivity index (χ4v) is 4.34. The van der Waals surface area contributed by atoms with Crippen molar-refractivity contribution in [3.05, 3.63) is 82.2 Å². The highest BCUT2D eigenvalue weighted by atomic mass is 16.5. The van der Waals surface area contributed by atoms with Crippen molar-refractivity contribution in [2.75, 3.05) is 12.4 Å². The lowest BCUT2D eigenvalue weighted by molar-refractivity contribution is -0.116. The van der Waals surface area contributed by atoms with E-state index in [1.54, 1.807) is 7.11 Å². The smallest absolute Gasteiger partial charge is 0.254 e. The van der Waals surface area contributed by atoms with Gasteiger partial charge in [0.1, 0.15) is 5.75 Å². The van der Waals surface area contributed by atoms with Crippen LogP contribution in [0, 0.1) is 6.92 Å². The average molecular weight is 402 g/mol. The Balaban J connectivity index is 1.81. The minimum atomic E-state index is -0.423. The lowest BCUT2D eigenvalue weighted by Gasteiger charge is -2.34. The van der Waals surface area contributed by atoms with Gasteiger partial charge in [-0.1, -0.05) is 30.3 Å². The molecule has 1 amide bonds. The summed E-state index contributed by atoms with van der Waals surface area (Å²) in [6, 6.07) is 15.3. The van der Waals surface area contributed by atoms with Gasteiger partial charge < -0.3 is 15.4 Å². The lowest BCUT2D eigenvalue weighted by atomic mass is 9.75. The van der Waals surface area contributed by atoms with Crippen LogP contribution >= 0.6 is 0 Å². The summed E-state index contributed by atoms with van der Waals surface area (Å²) in [4.78, 5) is 26.4. The third-order valence-corrected chi connectivity index (χ3v) is 5.84. The van der Waals surface area contributed by atoms with Crippen molar-refractivity contribution >= 4 is 17.4 Å². The summed E-state index contributed by atoms with van der Waals surface area (Å²) in [5, 5.41) is 6.40. The third-order valence-electron chi connectivity index (χ3n) is 5.84. The van der Waals surface area contributed by atoms with Crippen LogP contribution in [0.5, 0.6) is 5.75 Å². The molecule has 0 spiro atoms. The number of carbonyl (C=O) groups excluding carboxylic acids is 2. The van der Waals surface area contributed by atoms with E-state index in [4.69, 9.17) is 4.74 Å². The summed E-state index contributed by atoms with van der Waals surface area (Å²) in [5.74, 6) is 0.179. The van der Waals surface area contributed by atoms with Gasteiger partial charge in [0.25, 0.3) is 5.91 Å². The Morgan fingerprint density at radius 1 is 1.10 bits per heavy atom. The highest BCUT2D eigenvalue weighted by Crippen LogP contribution is 2.43. The number of dihydropyridines is 1. The van der Waals surface area contributed by atoms with Crippen molar-refractivity contribution in [2.45, 2.75) is 39.0 Å². The van der Waals surface area contributed by atoms with E-state index in [0.717, 1.165) is 41.1 Å². The summed E-state index contributed by atoms with van der Waals surface area (Å²) < 4.78 is 5.41. The second-order valence-corrected chi connectivity index (χ2v) is 7.81. The number of carbonyl (C=O) groups is 2. The molecule has 30 heavy (non-hydrogen) atoms. The number of methoxy groups -OCH3 is 1. The maximum Gasteiger partial charge on any atom is 0.254 e. The van der Waals surface area contributed by atoms with Crippen LogP contribution in [0.1, 0.15) is 43.2 Å². The zero-order valence-electron chi connectivity index (χ0n) is 17.5. The Hall–Kier alpha value is -3.34. The summed E-state index contributed by atoms with van der Waals surface area (Å²) in [5.41, 5.74) is 5.62. The molecule has 5 nitrogen and oxygen atoms in total. The van der Waals surface area contributed by atoms with E-state index in [0.29, 0.717) is 23.3 Å². The molecule has 4 rings (SSSR count). The minimum absolute atomic E-state index is 0.102. The first kappa shape index (κ1) is 20.0. The maximum atomic E-state index is 13.5. The Kier molecular flexibility index (Phi) is 5.44. The van der Waals surface area contributed by atoms with Gasteiger partial charge in [0.05, 0.1) is 7.11 Å². The number of ketones is 1. The molecule has 154 valence electrons. The van der Waals surface area contributed by atoms with E-state index in [1.165, 1.54) is 0 Å². The molecular formula is C25H26N2O3. The first-order valence-electron chi connectivity index (χ1n) is 10.2. The van der Waals surface area contributed by atoms with Crippen LogP contribution in [0.3, 0.4) is 0 Å². The van der Waals surface area contributed by atoms with Gasteiger partial charge in [0.15, 0.2) is 5.78 Å². The molecule has 1 atom stereocenters. The van der Waals surface area contributed by atoms with Gasteiger partial charge in [0, 0.05) is 40.6 Å². The highest BCUT2D eigenvalue weighted by Gasteiger charge is 2.38. The largest absolute Gasteiger partial charge is 0.497 e. The van der Waals surface area contributed by atoms with Crippen LogP contribution in [-0.4, -0.2) is 18.8 Å². The number of Topliss-reactive ketones (excluding diaryl/α,β-unsaturated/α-hetero) is 1. The fraction of sp³-hybridized carbons (Fsp3) is 0.280. The molecule has 0 radical (unpaired) electrons. The summed E-state index contributed by atoms with van der Waals surface area (Å²) >= 11 is 0. The van der Waals surface area contributed by atoms with Crippen molar-refractivity contribution in [1.82, 2.24) is 5.32 Å². The van der Waals surface area contributed by atoms with Crippen molar-refractivity contribution in [1.29, 1.82) is 0 Å². The highest BCUT2D eigenvalue weighted by molar-refractivity contribution is 6.10. The number of hydrogen-bond donors (Lipinski definition) is 2. The predicted molar refractivity (Wildman–Crippen MR) is 117 cm³/mol. The monoisotopic (exact) mass is 402 g/mol. The van der Waals surface area contributed by atoms with Gasteiger partial charge in [-0.25, -0.2) is 0 Å². The van der Waals surface area contributed by atoms with Crippen LogP contribution in [0.2, 0.25) is 0 Å². The fourth-order valence-electron chi connectivity index (χ4n) is 4.34. The van der Waals surface area contributed by atoms with Crippen LogP contribution < -0.4 is 15.4 Å². The number of amides is 1. The quantitative estimate of drug-likeness (QED) is 0.784. The molecule has 0 saturated carbocycles. The molecule has 2 aliphatic rings. The number of rotatable bonds is 4. The molecule has 1 heterocycles. The van der Waals surface area contributed by atoms with Gasteiger partial charge in [-0.2, -0.15) is 0 Å². The Morgan fingerprint density at radius 3 is 2.67 bits per heavy atom. The van der Waals surface area contributed by atoms with Gasteiger partial charge in [-0.3, -0.25) is 9.59 Å². The predicted octanol–water partition coefficient (Wildman–Crippen LogP) is 4.61. The third kappa shape index (κ3) is 3.63. The molecule has 5 heteroatoms. The molecule has 1 aliphatic heterocycles. The van der Waals surface area contributed by atoms with Crippen molar-refractivity contribution in [3.63, 3.8) is 0 Å². The Bertz CT molecular complexity index is 1080. The molecular weight excluding hydrogens is 376 g/mol. The number of anilines is 1. The van der Waals surface area contributed by atoms with Gasteiger partial charge in [0.2, 0.25) is 0 Å². The molecule has 0 saturated heterocycles. The van der Waals surface area contributed by atoms with E-state index in [9.17, 15) is 9.59 Å². The van der Waals surface area contributed by atoms with E-state index < -0.39 is 5.92 Å². The lowest BCUT2D eigenvalue weighted by Crippen LogP contribution is -2.35. The number of nitrogens with one attached hydrogen (secondary N) is 2. The van der Waals surface area contributed by atoms with Crippen LogP contribution in [0.15, 0.2) is 71.1 Å². The molecule has 0 aromatic heterocycles. The number of hydrogen-bond acceptors (Lipinski definition) is 4. The second kappa shape index (κ2) is 8.19. The number of allylic oxidation sites excluding steroid dienone is 3. The van der Waals surface area contributed by atoms with Crippen molar-refractivity contribution in [2.24, 2.45) is 0 Å². The zero-order valence-corrected chi connectivity index (χ0v) is 17.5. The van der Waals surface area contributed by atoms with Gasteiger partial charge in [-0.05, 0) is 56.0 Å². The number of para-hydroxylation sites is 1. The molecule has 0 fully saturated rings. The van der Waals surface area contributed by atoms with Crippen LogP contribution in [0.4, 0.5) is 5.69 Å². The van der Waals surface area contributed by atoms with Crippen LogP contribution in [0.25, 0.3) is 0 Å². The summed E-state index contributed by atoms with van der Waals surface area (Å²) in [6.07, 6.45) is 2.14. The maximum absolute atomic E-state index is 13.5.